The maximum absolute atomic E-state index is 14.8. The summed E-state index contributed by atoms with van der Waals surface area (Å²) in [6, 6.07) is 14.0. The van der Waals surface area contributed by atoms with Crippen LogP contribution in [0.25, 0.3) is 21.8 Å². The lowest BCUT2D eigenvalue weighted by molar-refractivity contribution is -0.909. The highest BCUT2D eigenvalue weighted by Gasteiger charge is 2.29. The van der Waals surface area contributed by atoms with Gasteiger partial charge in [-0.15, -0.1) is 0 Å². The third-order valence-corrected chi connectivity index (χ3v) is 13.0. The molecule has 0 aliphatic rings. The Morgan fingerprint density at radius 1 is 0.754 bits per heavy atom. The van der Waals surface area contributed by atoms with E-state index in [9.17, 15) is 35.5 Å². The number of carbonyl (C=O) groups excluding carboxylic acids is 2. The summed E-state index contributed by atoms with van der Waals surface area (Å²) in [5, 5.41) is 3.89. The quantitative estimate of drug-likeness (QED) is 0.0109. The highest BCUT2D eigenvalue weighted by Crippen LogP contribution is 2.34. The lowest BCUT2D eigenvalue weighted by Crippen LogP contribution is -2.48. The number of pyridine rings is 1. The Balaban J connectivity index is 1.73. The number of rotatable bonds is 28. The Hall–Kier alpha value is -4.47. The first kappa shape index (κ1) is 53.1. The number of methoxy groups -OCH3 is 2. The number of fused-ring (bicyclic) bond motifs is 2. The number of aromatic nitrogens is 1. The van der Waals surface area contributed by atoms with Crippen LogP contribution < -0.4 is 29.8 Å². The van der Waals surface area contributed by atoms with Gasteiger partial charge in [0.1, 0.15) is 23.4 Å². The molecule has 17 nitrogen and oxygen atoms in total. The van der Waals surface area contributed by atoms with Crippen LogP contribution >= 0.6 is 0 Å². The fourth-order valence-corrected chi connectivity index (χ4v) is 9.09. The molecule has 19 heteroatoms. The molecule has 0 radical (unpaired) electrons. The minimum absolute atomic E-state index is 0.0802. The number of amides is 1. The van der Waals surface area contributed by atoms with E-state index in [2.05, 4.69) is 5.32 Å². The van der Waals surface area contributed by atoms with Gasteiger partial charge in [0.2, 0.25) is 11.0 Å². The molecule has 5 N–H and O–H groups in total. The van der Waals surface area contributed by atoms with E-state index in [0.29, 0.717) is 93.5 Å². The van der Waals surface area contributed by atoms with Gasteiger partial charge in [-0.1, -0.05) is 13.8 Å². The minimum Gasteiger partial charge on any atom is -0.490 e. The summed E-state index contributed by atoms with van der Waals surface area (Å²) in [4.78, 5) is 28.3. The number of ether oxygens (including phenoxy) is 5. The molecule has 0 saturated carbocycles. The van der Waals surface area contributed by atoms with E-state index >= 15 is 0 Å². The largest absolute Gasteiger partial charge is 0.490 e. The fourth-order valence-electron chi connectivity index (χ4n) is 8.10. The van der Waals surface area contributed by atoms with E-state index in [4.69, 9.17) is 29.4 Å². The number of nitrogens with one attached hydrogen (secondary N) is 1. The number of hydrogen-bond donors (Lipinski definition) is 4. The zero-order valence-electron chi connectivity index (χ0n) is 38.8. The second kappa shape index (κ2) is 24.3. The Bertz CT molecular complexity index is 2450. The normalized spacial score (nSPS) is 13.1. The lowest BCUT2D eigenvalue weighted by Gasteiger charge is -2.34. The Morgan fingerprint density at radius 2 is 1.26 bits per heavy atom. The average molecular weight is 949 g/mol. The summed E-state index contributed by atoms with van der Waals surface area (Å²) >= 11 is 0. The number of esters is 1. The molecule has 4 rings (SSSR count). The smallest absolute Gasteiger partial charge is 0.345 e. The van der Waals surface area contributed by atoms with Crippen molar-refractivity contribution < 1.29 is 68.3 Å². The van der Waals surface area contributed by atoms with Gasteiger partial charge in [-0.2, -0.15) is 21.4 Å². The highest BCUT2D eigenvalue weighted by molar-refractivity contribution is 7.86. The zero-order valence-corrected chi connectivity index (χ0v) is 40.4. The standard InChI is InChI=1S/C46H66N4O13S2/c1-8-35(9-2)61-36-14-16-41-39(28-36)43(40-29-37(62-38(30-59-6)31-60-7)15-17-42(40)49(41)20-12-24-64(53,54)55)46(52)63-44-32(3)26-34(27-33(44)4)45(51)48-19-11-22-50(5,21-10-18-47)23-13-25-65(56,57)58/h14-17,26-29,35,38H,8-13,18-25,30-31,47H2,1-7H3,(H-2,48,51,53,54,55,56,57,58)/p+2. The van der Waals surface area contributed by atoms with Crippen molar-refractivity contribution in [3.05, 3.63) is 70.8 Å². The fraction of sp³-hybridized carbons (Fsp3) is 0.543. The second-order valence-electron chi connectivity index (χ2n) is 16.7. The first-order valence-electron chi connectivity index (χ1n) is 22.0. The zero-order chi connectivity index (χ0) is 48.0. The molecule has 1 atom stereocenters. The summed E-state index contributed by atoms with van der Waals surface area (Å²) < 4.78 is 97.0. The van der Waals surface area contributed by atoms with Gasteiger partial charge >= 0.3 is 5.97 Å². The van der Waals surface area contributed by atoms with Gasteiger partial charge < -0.3 is 39.2 Å². The van der Waals surface area contributed by atoms with Gasteiger partial charge in [0.25, 0.3) is 26.1 Å². The van der Waals surface area contributed by atoms with Crippen LogP contribution in [0.2, 0.25) is 0 Å². The molecule has 65 heavy (non-hydrogen) atoms. The van der Waals surface area contributed by atoms with E-state index in [-0.39, 0.29) is 55.3 Å². The summed E-state index contributed by atoms with van der Waals surface area (Å²) in [6.45, 7) is 11.0. The molecule has 1 heterocycles. The van der Waals surface area contributed by atoms with Crippen molar-refractivity contribution in [2.45, 2.75) is 85.0 Å². The van der Waals surface area contributed by atoms with Crippen LogP contribution in [0.15, 0.2) is 48.5 Å². The van der Waals surface area contributed by atoms with Crippen LogP contribution in [0.5, 0.6) is 17.2 Å². The summed E-state index contributed by atoms with van der Waals surface area (Å²) in [7, 11) is -3.21. The molecule has 0 bridgehead atoms. The molecule has 1 unspecified atom stereocenters. The first-order chi connectivity index (χ1) is 30.7. The third kappa shape index (κ3) is 15.8. The summed E-state index contributed by atoms with van der Waals surface area (Å²) in [6.07, 6.45) is 2.68. The van der Waals surface area contributed by atoms with Gasteiger partial charge in [0.15, 0.2) is 6.54 Å². The molecule has 3 aromatic carbocycles. The number of quaternary nitrogens is 1. The van der Waals surface area contributed by atoms with Crippen molar-refractivity contribution in [2.24, 2.45) is 5.73 Å². The maximum Gasteiger partial charge on any atom is 0.345 e. The number of aryl methyl sites for hydroxylation is 3. The Kier molecular flexibility index (Phi) is 19.9. The van der Waals surface area contributed by atoms with Crippen LogP contribution in [0.1, 0.15) is 84.2 Å². The lowest BCUT2D eigenvalue weighted by atomic mass is 10.0. The SMILES string of the molecule is CCC(CC)Oc1ccc2c(c1)c(C(=O)Oc1c(C)cc(C(=O)NCCC[N+](C)(CCCN)CCCS(=O)(=O)O)cc1C)c1cc(OC(COC)COC)ccc1[n+]2CCCS(=O)(=O)O. The molecule has 4 aromatic rings. The van der Waals surface area contributed by atoms with Gasteiger partial charge in [0, 0.05) is 64.1 Å². The second-order valence-corrected chi connectivity index (χ2v) is 19.9. The van der Waals surface area contributed by atoms with Crippen LogP contribution in [0.3, 0.4) is 0 Å². The van der Waals surface area contributed by atoms with Crippen molar-refractivity contribution in [2.75, 3.05) is 78.7 Å². The molecule has 360 valence electrons. The third-order valence-electron chi connectivity index (χ3n) is 11.3. The van der Waals surface area contributed by atoms with Crippen molar-refractivity contribution >= 4 is 53.9 Å². The van der Waals surface area contributed by atoms with Gasteiger partial charge in [-0.25, -0.2) is 4.79 Å². The molecule has 0 spiro atoms. The van der Waals surface area contributed by atoms with E-state index in [1.54, 1.807) is 64.5 Å². The molecule has 1 aromatic heterocycles. The van der Waals surface area contributed by atoms with Crippen LogP contribution in [-0.2, 0) is 36.3 Å². The van der Waals surface area contributed by atoms with E-state index in [1.165, 1.54) is 0 Å². The molecule has 0 aliphatic heterocycles. The van der Waals surface area contributed by atoms with Crippen molar-refractivity contribution in [1.29, 1.82) is 0 Å². The van der Waals surface area contributed by atoms with E-state index < -0.39 is 38.1 Å². The van der Waals surface area contributed by atoms with Gasteiger partial charge in [0.05, 0.1) is 73.8 Å². The Morgan fingerprint density at radius 3 is 1.77 bits per heavy atom. The average Bonchev–Trinajstić information content (AvgIpc) is 3.23. The number of carbonyl (C=O) groups is 2. The molecule has 1 amide bonds. The number of hydrogen-bond acceptors (Lipinski definition) is 12. The highest BCUT2D eigenvalue weighted by atomic mass is 32.2. The van der Waals surface area contributed by atoms with Gasteiger partial charge in [-0.05, 0) is 80.8 Å². The molecule has 0 aliphatic carbocycles. The topological polar surface area (TPSA) is 231 Å². The monoisotopic (exact) mass is 948 g/mol. The molecule has 0 fully saturated rings. The van der Waals surface area contributed by atoms with Crippen molar-refractivity contribution in [3.8, 4) is 17.2 Å². The maximum atomic E-state index is 14.8. The number of nitrogens with two attached hydrogens (primary N) is 1. The molecular weight excluding hydrogens is 881 g/mol. The number of nitrogens with zero attached hydrogens (tertiary/aromatic N) is 2. The summed E-state index contributed by atoms with van der Waals surface area (Å²) in [5.74, 6) is -0.584. The molecular formula is C46H68N4O13S2+2. The van der Waals surface area contributed by atoms with Gasteiger partial charge in [-0.3, -0.25) is 13.9 Å². The Labute approximate surface area is 383 Å². The van der Waals surface area contributed by atoms with Crippen molar-refractivity contribution in [3.63, 3.8) is 0 Å². The van der Waals surface area contributed by atoms with E-state index in [0.717, 1.165) is 25.8 Å². The first-order valence-corrected chi connectivity index (χ1v) is 25.3. The predicted octanol–water partition coefficient (Wildman–Crippen LogP) is 5.20. The number of benzene rings is 3. The minimum atomic E-state index is -4.25. The van der Waals surface area contributed by atoms with E-state index in [1.807, 2.05) is 37.6 Å². The van der Waals surface area contributed by atoms with Crippen molar-refractivity contribution in [1.82, 2.24) is 5.32 Å². The summed E-state index contributed by atoms with van der Waals surface area (Å²) in [5.41, 5.74) is 8.59. The van der Waals surface area contributed by atoms with Crippen LogP contribution in [0.4, 0.5) is 0 Å². The predicted molar refractivity (Wildman–Crippen MR) is 249 cm³/mol. The van der Waals surface area contributed by atoms with Crippen LogP contribution in [-0.4, -0.2) is 133 Å². The van der Waals surface area contributed by atoms with Crippen LogP contribution in [0, 0.1) is 13.8 Å². The molecule has 0 saturated heterocycles.